The number of aromatic nitrogens is 2. The summed E-state index contributed by atoms with van der Waals surface area (Å²) in [6.07, 6.45) is 2.99. The van der Waals surface area contributed by atoms with Gasteiger partial charge in [0.15, 0.2) is 0 Å². The maximum absolute atomic E-state index is 13.5. The summed E-state index contributed by atoms with van der Waals surface area (Å²) in [5, 5.41) is 3.34. The number of pyridine rings is 2. The first-order valence-corrected chi connectivity index (χ1v) is 9.90. The molecular formula is C20H22ClFN4O2. The molecule has 1 N–H and O–H groups in total. The van der Waals surface area contributed by atoms with E-state index in [0.717, 1.165) is 17.1 Å². The Labute approximate surface area is 168 Å². The minimum absolute atomic E-state index is 0.239. The lowest BCUT2D eigenvalue weighted by Gasteiger charge is -2.30. The molecule has 0 aliphatic carbocycles. The molecule has 148 valence electrons. The number of nitrogens with one attached hydrogen (secondary N) is 1. The Morgan fingerprint density at radius 1 is 1.25 bits per heavy atom. The number of amides is 1. The lowest BCUT2D eigenvalue weighted by molar-refractivity contribution is 0.102. The lowest BCUT2D eigenvalue weighted by Crippen LogP contribution is -2.35. The Balaban J connectivity index is 1.66. The van der Waals surface area contributed by atoms with Crippen molar-refractivity contribution in [2.75, 3.05) is 36.5 Å². The van der Waals surface area contributed by atoms with E-state index in [1.54, 1.807) is 12.1 Å². The van der Waals surface area contributed by atoms with E-state index in [9.17, 15) is 9.18 Å². The fraction of sp³-hybridized carbons (Fsp3) is 0.450. The van der Waals surface area contributed by atoms with Crippen LogP contribution in [0.2, 0.25) is 5.02 Å². The molecule has 8 heteroatoms. The predicted molar refractivity (Wildman–Crippen MR) is 106 cm³/mol. The Kier molecular flexibility index (Phi) is 5.73. The summed E-state index contributed by atoms with van der Waals surface area (Å²) in [5.74, 6) is 0.920. The van der Waals surface area contributed by atoms with E-state index >= 15 is 0 Å². The number of halogens is 2. The van der Waals surface area contributed by atoms with Crippen LogP contribution in [-0.4, -0.2) is 48.4 Å². The number of carbonyl (C=O) groups is 1. The Morgan fingerprint density at radius 3 is 2.79 bits per heavy atom. The fourth-order valence-corrected chi connectivity index (χ4v) is 3.73. The van der Waals surface area contributed by atoms with Gasteiger partial charge in [-0.05, 0) is 43.0 Å². The van der Waals surface area contributed by atoms with Crippen LogP contribution >= 0.6 is 11.6 Å². The largest absolute Gasteiger partial charge is 0.381 e. The zero-order valence-electron chi connectivity index (χ0n) is 15.5. The average molecular weight is 405 g/mol. The van der Waals surface area contributed by atoms with Crippen LogP contribution < -0.4 is 10.2 Å². The Hall–Kier alpha value is -2.25. The van der Waals surface area contributed by atoms with Crippen LogP contribution in [0.1, 0.15) is 34.5 Å². The molecule has 2 aliphatic heterocycles. The third-order valence-corrected chi connectivity index (χ3v) is 5.36. The van der Waals surface area contributed by atoms with Gasteiger partial charge in [0.05, 0.1) is 18.2 Å². The number of hydrogen-bond donors (Lipinski definition) is 1. The highest BCUT2D eigenvalue weighted by atomic mass is 35.5. The number of hydrogen-bond acceptors (Lipinski definition) is 5. The summed E-state index contributed by atoms with van der Waals surface area (Å²) < 4.78 is 19.1. The van der Waals surface area contributed by atoms with Gasteiger partial charge in [-0.2, -0.15) is 0 Å². The molecule has 0 aromatic carbocycles. The van der Waals surface area contributed by atoms with Crippen molar-refractivity contribution in [3.05, 3.63) is 46.2 Å². The highest BCUT2D eigenvalue weighted by molar-refractivity contribution is 6.30. The van der Waals surface area contributed by atoms with Crippen molar-refractivity contribution in [2.24, 2.45) is 0 Å². The highest BCUT2D eigenvalue weighted by Gasteiger charge is 2.25. The van der Waals surface area contributed by atoms with Gasteiger partial charge in [0.2, 0.25) is 0 Å². The van der Waals surface area contributed by atoms with Crippen LogP contribution in [0, 0.1) is 0 Å². The minimum Gasteiger partial charge on any atom is -0.381 e. The van der Waals surface area contributed by atoms with Crippen LogP contribution in [0.3, 0.4) is 0 Å². The van der Waals surface area contributed by atoms with E-state index in [4.69, 9.17) is 21.3 Å². The van der Waals surface area contributed by atoms with Gasteiger partial charge in [-0.1, -0.05) is 11.6 Å². The van der Waals surface area contributed by atoms with Crippen molar-refractivity contribution in [3.8, 4) is 0 Å². The van der Waals surface area contributed by atoms with Gasteiger partial charge in [-0.25, -0.2) is 14.4 Å². The molecule has 2 aromatic heterocycles. The third-order valence-electron chi connectivity index (χ3n) is 5.14. The summed E-state index contributed by atoms with van der Waals surface area (Å²) in [6, 6.07) is 5.15. The summed E-state index contributed by atoms with van der Waals surface area (Å²) in [6.45, 7) is 2.34. The smallest absolute Gasteiger partial charge is 0.257 e. The highest BCUT2D eigenvalue weighted by Crippen LogP contribution is 2.27. The molecule has 2 aromatic rings. The second-order valence-electron chi connectivity index (χ2n) is 7.04. The number of rotatable bonds is 3. The molecule has 2 aliphatic rings. The first-order chi connectivity index (χ1) is 13.6. The van der Waals surface area contributed by atoms with E-state index in [1.165, 1.54) is 6.20 Å². The Bertz CT molecular complexity index is 854. The second kappa shape index (κ2) is 8.41. The van der Waals surface area contributed by atoms with Crippen LogP contribution in [0.25, 0.3) is 0 Å². The van der Waals surface area contributed by atoms with Crippen molar-refractivity contribution in [1.82, 2.24) is 9.97 Å². The van der Waals surface area contributed by atoms with Gasteiger partial charge in [-0.3, -0.25) is 4.79 Å². The zero-order valence-corrected chi connectivity index (χ0v) is 16.2. The number of ether oxygens (including phenoxy) is 1. The maximum Gasteiger partial charge on any atom is 0.257 e. The van der Waals surface area contributed by atoms with Crippen molar-refractivity contribution >= 4 is 29.1 Å². The fourth-order valence-electron chi connectivity index (χ4n) is 3.62. The van der Waals surface area contributed by atoms with Gasteiger partial charge in [0, 0.05) is 37.0 Å². The van der Waals surface area contributed by atoms with E-state index in [2.05, 4.69) is 15.2 Å². The van der Waals surface area contributed by atoms with Crippen molar-refractivity contribution in [3.63, 3.8) is 0 Å². The normalized spacial score (nSPS) is 17.7. The van der Waals surface area contributed by atoms with E-state index < -0.39 is 6.17 Å². The van der Waals surface area contributed by atoms with Crippen molar-refractivity contribution in [2.45, 2.75) is 31.9 Å². The molecule has 0 spiro atoms. The van der Waals surface area contributed by atoms with Gasteiger partial charge < -0.3 is 15.0 Å². The first-order valence-electron chi connectivity index (χ1n) is 9.52. The van der Waals surface area contributed by atoms with Gasteiger partial charge in [-0.15, -0.1) is 0 Å². The van der Waals surface area contributed by atoms with Crippen molar-refractivity contribution in [1.29, 1.82) is 0 Å². The quantitative estimate of drug-likeness (QED) is 0.848. The first kappa shape index (κ1) is 19.1. The SMILES string of the molecule is O=C(Nc1ccc(Cl)cn1)c1cc(N2CCC(F)CC2)nc2c1CCOCC2. The molecule has 1 saturated heterocycles. The van der Waals surface area contributed by atoms with Gasteiger partial charge >= 0.3 is 0 Å². The zero-order chi connectivity index (χ0) is 19.5. The monoisotopic (exact) mass is 404 g/mol. The predicted octanol–water partition coefficient (Wildman–Crippen LogP) is 3.44. The van der Waals surface area contributed by atoms with Gasteiger partial charge in [0.25, 0.3) is 5.91 Å². The van der Waals surface area contributed by atoms with Crippen LogP contribution in [0.5, 0.6) is 0 Å². The number of nitrogens with zero attached hydrogens (tertiary/aromatic N) is 3. The molecule has 1 fully saturated rings. The molecule has 0 atom stereocenters. The molecule has 0 radical (unpaired) electrons. The van der Waals surface area contributed by atoms with Crippen LogP contribution in [0.4, 0.5) is 16.0 Å². The maximum atomic E-state index is 13.5. The number of alkyl halides is 1. The number of piperidine rings is 1. The molecule has 28 heavy (non-hydrogen) atoms. The minimum atomic E-state index is -0.760. The van der Waals surface area contributed by atoms with Crippen LogP contribution in [0.15, 0.2) is 24.4 Å². The molecule has 0 bridgehead atoms. The standard InChI is InChI=1S/C20H22ClFN4O2/c21-13-1-2-18(23-12-13)25-20(27)16-11-19(26-7-3-14(22)4-8-26)24-17-6-10-28-9-5-15(16)17/h1-2,11-12,14H,3-10H2,(H,23,25,27). The molecule has 6 nitrogen and oxygen atoms in total. The molecule has 1 amide bonds. The lowest BCUT2D eigenvalue weighted by atomic mass is 10.0. The molecule has 4 heterocycles. The molecule has 4 rings (SSSR count). The summed E-state index contributed by atoms with van der Waals surface area (Å²) >= 11 is 5.87. The summed E-state index contributed by atoms with van der Waals surface area (Å²) in [7, 11) is 0. The molecule has 0 unspecified atom stereocenters. The number of anilines is 2. The van der Waals surface area contributed by atoms with E-state index in [-0.39, 0.29) is 5.91 Å². The summed E-state index contributed by atoms with van der Waals surface area (Å²) in [5.41, 5.74) is 2.37. The second-order valence-corrected chi connectivity index (χ2v) is 7.48. The summed E-state index contributed by atoms with van der Waals surface area (Å²) in [4.78, 5) is 24.0. The van der Waals surface area contributed by atoms with Crippen molar-refractivity contribution < 1.29 is 13.9 Å². The molecular weight excluding hydrogens is 383 g/mol. The topological polar surface area (TPSA) is 67.4 Å². The number of fused-ring (bicyclic) bond motifs is 1. The van der Waals surface area contributed by atoms with E-state index in [1.807, 2.05) is 6.07 Å². The van der Waals surface area contributed by atoms with Crippen LogP contribution in [-0.2, 0) is 17.6 Å². The van der Waals surface area contributed by atoms with Gasteiger partial charge in [0.1, 0.15) is 17.8 Å². The van der Waals surface area contributed by atoms with E-state index in [0.29, 0.717) is 68.4 Å². The number of carbonyl (C=O) groups excluding carboxylic acids is 1. The Morgan fingerprint density at radius 2 is 2.04 bits per heavy atom. The third kappa shape index (κ3) is 4.25. The molecule has 0 saturated carbocycles. The average Bonchev–Trinajstić information content (AvgIpc) is 2.95.